The molecule has 7 rings (SSSR count). The normalized spacial score (nSPS) is 44.5. The first kappa shape index (κ1) is 27.2. The standard InChI is InChI=1S/C31H35F2NO7/c1-28-6-5-19(36)11-22(28)23(32)12-21-20-10-18-15-34(14-17-3-4-24-25(9-17)40-8-7-39-24)41-31(18,27(38)16-35)29(20,2)13-26(37)30(21,28)33/h3-6,9,11,18,20-21,23,26,35,37H,7-8,10,12-16H2,1-2H3/t18-,20-,21-,23-,26-,28-,29-,30-,31-/m0/s1. The molecule has 1 aromatic carbocycles. The summed E-state index contributed by atoms with van der Waals surface area (Å²) in [5.74, 6) is -1.42. The van der Waals surface area contributed by atoms with Crippen LogP contribution >= 0.6 is 0 Å². The van der Waals surface area contributed by atoms with Gasteiger partial charge in [-0.2, -0.15) is 5.06 Å². The van der Waals surface area contributed by atoms with Gasteiger partial charge in [0.1, 0.15) is 26.0 Å². The molecule has 0 spiro atoms. The number of fused-ring (bicyclic) bond motifs is 8. The zero-order valence-corrected chi connectivity index (χ0v) is 23.1. The Morgan fingerprint density at radius 3 is 2.66 bits per heavy atom. The second-order valence-electron chi connectivity index (χ2n) is 13.0. The number of hydrogen-bond acceptors (Lipinski definition) is 8. The Hall–Kier alpha value is -2.66. The number of carbonyl (C=O) groups is 2. The Balaban J connectivity index is 1.24. The SMILES string of the molecule is C[C@]12C=CC(=O)C=C1[C@@H](F)C[C@H]1[C@@H]3C[C@H]4CN(Cc5ccc6c(c5)OCCO6)O[C@@]4(C(=O)CO)[C@@]3(C)C[C@H](O)[C@@]12F. The van der Waals surface area contributed by atoms with Crippen molar-refractivity contribution >= 4 is 11.6 Å². The van der Waals surface area contributed by atoms with Crippen molar-refractivity contribution in [2.24, 2.45) is 28.6 Å². The van der Waals surface area contributed by atoms with Crippen LogP contribution in [0.2, 0.25) is 0 Å². The highest BCUT2D eigenvalue weighted by Crippen LogP contribution is 2.72. The molecule has 6 aliphatic rings. The van der Waals surface area contributed by atoms with E-state index in [1.54, 1.807) is 12.0 Å². The Bertz CT molecular complexity index is 1380. The quantitative estimate of drug-likeness (QED) is 0.569. The number of aliphatic hydroxyl groups excluding tert-OH is 2. The molecule has 220 valence electrons. The maximum atomic E-state index is 17.5. The number of rotatable bonds is 4. The van der Waals surface area contributed by atoms with Gasteiger partial charge in [0.15, 0.2) is 34.3 Å². The molecule has 10 heteroatoms. The molecule has 8 nitrogen and oxygen atoms in total. The Morgan fingerprint density at radius 1 is 1.15 bits per heavy atom. The molecular formula is C31H35F2NO7. The van der Waals surface area contributed by atoms with Crippen molar-refractivity contribution in [3.63, 3.8) is 0 Å². The van der Waals surface area contributed by atoms with Crippen LogP contribution in [-0.2, 0) is 21.0 Å². The third kappa shape index (κ3) is 3.39. The van der Waals surface area contributed by atoms with Gasteiger partial charge in [-0.1, -0.05) is 19.1 Å². The summed E-state index contributed by atoms with van der Waals surface area (Å²) in [6.45, 7) is 4.24. The van der Waals surface area contributed by atoms with E-state index in [2.05, 4.69) is 0 Å². The summed E-state index contributed by atoms with van der Waals surface area (Å²) >= 11 is 0. The van der Waals surface area contributed by atoms with Gasteiger partial charge in [0, 0.05) is 35.8 Å². The first-order valence-corrected chi connectivity index (χ1v) is 14.4. The number of Topliss-reactive ketones (excluding diaryl/α,β-unsaturated/α-hetero) is 1. The Morgan fingerprint density at radius 2 is 1.90 bits per heavy atom. The number of hydrogen-bond donors (Lipinski definition) is 2. The van der Waals surface area contributed by atoms with Crippen molar-refractivity contribution in [2.45, 2.75) is 63.2 Å². The fourth-order valence-electron chi connectivity index (χ4n) is 9.42. The van der Waals surface area contributed by atoms with Crippen molar-refractivity contribution in [3.8, 4) is 11.5 Å². The molecule has 0 amide bonds. The van der Waals surface area contributed by atoms with Gasteiger partial charge in [-0.15, -0.1) is 0 Å². The van der Waals surface area contributed by atoms with Gasteiger partial charge >= 0.3 is 0 Å². The van der Waals surface area contributed by atoms with Gasteiger partial charge in [-0.25, -0.2) is 8.78 Å². The molecule has 2 aliphatic heterocycles. The predicted octanol–water partition coefficient (Wildman–Crippen LogP) is 3.05. The Kier molecular flexibility index (Phi) is 5.92. The monoisotopic (exact) mass is 571 g/mol. The third-order valence-corrected chi connectivity index (χ3v) is 11.2. The van der Waals surface area contributed by atoms with E-state index >= 15 is 8.78 Å². The second-order valence-corrected chi connectivity index (χ2v) is 13.0. The average molecular weight is 572 g/mol. The number of ether oxygens (including phenoxy) is 2. The summed E-state index contributed by atoms with van der Waals surface area (Å²) in [5.41, 5.74) is -5.36. The summed E-state index contributed by atoms with van der Waals surface area (Å²) in [7, 11) is 0. The molecule has 4 fully saturated rings. The van der Waals surface area contributed by atoms with Crippen molar-refractivity contribution in [3.05, 3.63) is 47.6 Å². The van der Waals surface area contributed by atoms with Gasteiger partial charge in [0.2, 0.25) is 0 Å². The molecule has 3 saturated carbocycles. The Labute approximate surface area is 236 Å². The van der Waals surface area contributed by atoms with E-state index in [0.29, 0.717) is 44.2 Å². The summed E-state index contributed by atoms with van der Waals surface area (Å²) in [4.78, 5) is 32.3. The number of nitrogens with zero attached hydrogens (tertiary/aromatic N) is 1. The van der Waals surface area contributed by atoms with E-state index in [0.717, 1.165) is 5.56 Å². The van der Waals surface area contributed by atoms with Crippen LogP contribution in [0.4, 0.5) is 8.78 Å². The fraction of sp³-hybridized carbons (Fsp3) is 0.613. The van der Waals surface area contributed by atoms with Gasteiger partial charge in [-0.05, 0) is 67.5 Å². The number of aliphatic hydroxyl groups is 2. The maximum absolute atomic E-state index is 17.5. The van der Waals surface area contributed by atoms with Crippen LogP contribution in [0.25, 0.3) is 0 Å². The number of ketones is 2. The van der Waals surface area contributed by atoms with Crippen LogP contribution in [0.3, 0.4) is 0 Å². The highest BCUT2D eigenvalue weighted by Gasteiger charge is 2.79. The van der Waals surface area contributed by atoms with Crippen LogP contribution in [0.15, 0.2) is 42.0 Å². The van der Waals surface area contributed by atoms with Gasteiger partial charge in [-0.3, -0.25) is 14.4 Å². The lowest BCUT2D eigenvalue weighted by Gasteiger charge is -2.63. The smallest absolute Gasteiger partial charge is 0.192 e. The summed E-state index contributed by atoms with van der Waals surface area (Å²) in [6.07, 6.45) is 0.791. The summed E-state index contributed by atoms with van der Waals surface area (Å²) in [6, 6.07) is 5.60. The number of allylic oxidation sites excluding steroid dienone is 4. The average Bonchev–Trinajstić information content (AvgIpc) is 3.43. The van der Waals surface area contributed by atoms with Crippen molar-refractivity contribution < 1.29 is 42.9 Å². The number of hydroxylamine groups is 2. The molecule has 41 heavy (non-hydrogen) atoms. The predicted molar refractivity (Wildman–Crippen MR) is 141 cm³/mol. The largest absolute Gasteiger partial charge is 0.486 e. The van der Waals surface area contributed by atoms with Gasteiger partial charge in [0.05, 0.1) is 6.10 Å². The minimum absolute atomic E-state index is 0.0626. The molecule has 2 N–H and O–H groups in total. The minimum atomic E-state index is -2.24. The van der Waals surface area contributed by atoms with Crippen LogP contribution in [0, 0.1) is 28.6 Å². The van der Waals surface area contributed by atoms with E-state index in [1.807, 2.05) is 25.1 Å². The molecule has 0 radical (unpaired) electrons. The molecule has 1 aromatic rings. The first-order valence-electron chi connectivity index (χ1n) is 14.4. The number of halogens is 2. The topological polar surface area (TPSA) is 106 Å². The summed E-state index contributed by atoms with van der Waals surface area (Å²) in [5, 5.41) is 23.5. The second kappa shape index (κ2) is 8.92. The van der Waals surface area contributed by atoms with Gasteiger partial charge < -0.3 is 19.7 Å². The van der Waals surface area contributed by atoms with Crippen LogP contribution < -0.4 is 9.47 Å². The molecule has 0 unspecified atom stereocenters. The lowest BCUT2D eigenvalue weighted by atomic mass is 9.44. The molecule has 0 aromatic heterocycles. The maximum Gasteiger partial charge on any atom is 0.192 e. The fourth-order valence-corrected chi connectivity index (χ4v) is 9.42. The lowest BCUT2D eigenvalue weighted by molar-refractivity contribution is -0.269. The number of alkyl halides is 2. The zero-order chi connectivity index (χ0) is 28.9. The van der Waals surface area contributed by atoms with Crippen molar-refractivity contribution in [1.29, 1.82) is 0 Å². The van der Waals surface area contributed by atoms with E-state index in [1.165, 1.54) is 18.2 Å². The van der Waals surface area contributed by atoms with Gasteiger partial charge in [0.25, 0.3) is 0 Å². The van der Waals surface area contributed by atoms with E-state index in [-0.39, 0.29) is 18.4 Å². The first-order chi connectivity index (χ1) is 19.5. The zero-order valence-electron chi connectivity index (χ0n) is 23.1. The van der Waals surface area contributed by atoms with E-state index < -0.39 is 70.3 Å². The van der Waals surface area contributed by atoms with E-state index in [9.17, 15) is 19.8 Å². The third-order valence-electron chi connectivity index (χ3n) is 11.2. The highest BCUT2D eigenvalue weighted by molar-refractivity contribution is 6.01. The molecule has 0 bridgehead atoms. The number of benzene rings is 1. The van der Waals surface area contributed by atoms with Crippen LogP contribution in [0.1, 0.15) is 38.7 Å². The van der Waals surface area contributed by atoms with Crippen LogP contribution in [-0.4, -0.2) is 76.8 Å². The number of carbonyl (C=O) groups excluding carboxylic acids is 2. The summed E-state index contributed by atoms with van der Waals surface area (Å²) < 4.78 is 44.6. The highest BCUT2D eigenvalue weighted by atomic mass is 19.1. The lowest BCUT2D eigenvalue weighted by Crippen LogP contribution is -2.70. The van der Waals surface area contributed by atoms with E-state index in [4.69, 9.17) is 14.3 Å². The molecule has 2 heterocycles. The van der Waals surface area contributed by atoms with Crippen molar-refractivity contribution in [2.75, 3.05) is 26.4 Å². The minimum Gasteiger partial charge on any atom is -0.486 e. The van der Waals surface area contributed by atoms with Crippen LogP contribution in [0.5, 0.6) is 11.5 Å². The molecule has 4 aliphatic carbocycles. The van der Waals surface area contributed by atoms with Crippen molar-refractivity contribution in [1.82, 2.24) is 5.06 Å². The molecule has 9 atom stereocenters. The molecule has 1 saturated heterocycles. The molecular weight excluding hydrogens is 536 g/mol.